The Morgan fingerprint density at radius 3 is 0.804 bits per heavy atom. The molecule has 9 heterocycles. The van der Waals surface area contributed by atoms with Crippen molar-refractivity contribution in [2.45, 2.75) is 0 Å². The minimum Gasteiger partial charge on any atom is -0.377 e. The van der Waals surface area contributed by atoms with Crippen LogP contribution >= 0.6 is 67.9 Å². The van der Waals surface area contributed by atoms with E-state index in [1.165, 1.54) is 0 Å². The normalized spacial score (nSPS) is 16.6. The summed E-state index contributed by atoms with van der Waals surface area (Å²) < 4.78 is 0. The summed E-state index contributed by atoms with van der Waals surface area (Å²) in [5.74, 6) is 0. The molecule has 0 aromatic carbocycles. The molecule has 3 aromatic rings. The third-order valence-electron chi connectivity index (χ3n) is 10.3. The lowest BCUT2D eigenvalue weighted by Crippen LogP contribution is -2.13. The number of allylic oxidation sites excluding steroid dienone is 8. The van der Waals surface area contributed by atoms with Crippen molar-refractivity contribution >= 4 is 137 Å². The van der Waals surface area contributed by atoms with Gasteiger partial charge >= 0.3 is 0 Å². The lowest BCUT2D eigenvalue weighted by molar-refractivity contribution is 0.506. The number of H-pyrrole nitrogens is 2. The Morgan fingerprint density at radius 2 is 0.607 bits per heavy atom. The Balaban J connectivity index is 0.00000150. The molecule has 12 heteroatoms. The lowest BCUT2D eigenvalue weighted by Gasteiger charge is -2.18. The highest BCUT2D eigenvalue weighted by atomic mass is 79.9. The Kier molecular flexibility index (Phi) is 13.6. The first-order chi connectivity index (χ1) is 25.4. The molecule has 0 aliphatic carbocycles. The molecule has 6 aliphatic heterocycles. The van der Waals surface area contributed by atoms with Crippen molar-refractivity contribution in [3.63, 3.8) is 0 Å². The molecule has 8 bridgehead atoms. The minimum absolute atomic E-state index is 0. The largest absolute Gasteiger partial charge is 0.377 e. The zero-order valence-electron chi connectivity index (χ0n) is 31.7. The van der Waals surface area contributed by atoms with Gasteiger partial charge in [-0.1, -0.05) is 24.3 Å². The van der Waals surface area contributed by atoms with Gasteiger partial charge in [0.2, 0.25) is 0 Å². The minimum atomic E-state index is 0. The summed E-state index contributed by atoms with van der Waals surface area (Å²) in [7, 11) is 8.39. The number of nitrogens with one attached hydrogen (secondary N) is 2. The quantitative estimate of drug-likeness (QED) is 0.187. The van der Waals surface area contributed by atoms with Gasteiger partial charge in [-0.2, -0.15) is 0 Å². The predicted molar refractivity (Wildman–Crippen MR) is 259 cm³/mol. The monoisotopic (exact) mass is 1000 g/mol. The first-order valence-corrected chi connectivity index (χ1v) is 17.9. The fourth-order valence-corrected chi connectivity index (χ4v) is 7.48. The zero-order valence-corrected chi connectivity index (χ0v) is 38.5. The van der Waals surface area contributed by atoms with Crippen LogP contribution in [0.1, 0.15) is 45.0 Å². The van der Waals surface area contributed by atoms with E-state index in [-0.39, 0.29) is 67.9 Å². The van der Waals surface area contributed by atoms with Crippen molar-refractivity contribution in [1.29, 1.82) is 0 Å². The van der Waals surface area contributed by atoms with Crippen LogP contribution in [0.4, 0.5) is 0 Å². The van der Waals surface area contributed by atoms with E-state index in [0.717, 1.165) is 116 Å². The molecule has 0 amide bonds. The number of aromatic nitrogens is 4. The molecule has 2 N–H and O–H groups in total. The van der Waals surface area contributed by atoms with E-state index < -0.39 is 0 Å². The number of nitrogens with zero attached hydrogens (tertiary/aromatic N) is 6. The van der Waals surface area contributed by atoms with Crippen molar-refractivity contribution in [2.24, 2.45) is 0 Å². The molecule has 0 atom stereocenters. The molecular formula is C44H46Br4N8. The maximum absolute atomic E-state index is 5.43. The van der Waals surface area contributed by atoms with Crippen LogP contribution in [0.15, 0.2) is 97.7 Å². The average molecular weight is 1010 g/mol. The van der Waals surface area contributed by atoms with Gasteiger partial charge in [0.25, 0.3) is 0 Å². The first kappa shape index (κ1) is 42.8. The second kappa shape index (κ2) is 17.8. The maximum atomic E-state index is 5.43. The molecule has 9 rings (SSSR count). The van der Waals surface area contributed by atoms with Crippen LogP contribution in [0.5, 0.6) is 0 Å². The van der Waals surface area contributed by atoms with E-state index >= 15 is 0 Å². The van der Waals surface area contributed by atoms with E-state index in [1.807, 2.05) is 0 Å². The molecule has 0 fully saturated rings. The molecule has 0 spiro atoms. The molecule has 0 saturated carbocycles. The standard InChI is InChI=1S/C44H42N8.4BrH/c1-49-21-13-29(14-22-49)41-33-5-7-35(45-33)42(30-15-23-50(2)24-16-30)37-9-11-39(47-37)44(32-19-27-52(4)28-20-32)40-12-10-38(48-40)43(36-8-6-34(41)46-36)31-17-25-51(3)26-18-31;;;;/h5-21,23,25,27,45,48H,22,24,26,28H2,1-4H3;4*1H. The number of rotatable bonds is 4. The summed E-state index contributed by atoms with van der Waals surface area (Å²) in [6.45, 7) is 3.31. The zero-order chi connectivity index (χ0) is 35.3. The van der Waals surface area contributed by atoms with E-state index in [9.17, 15) is 0 Å². The Labute approximate surface area is 370 Å². The lowest BCUT2D eigenvalue weighted by atomic mass is 10.0. The Morgan fingerprint density at radius 1 is 0.375 bits per heavy atom. The van der Waals surface area contributed by atoms with Gasteiger partial charge < -0.3 is 29.6 Å². The van der Waals surface area contributed by atoms with E-state index in [2.05, 4.69) is 180 Å². The summed E-state index contributed by atoms with van der Waals surface area (Å²) in [6, 6.07) is 8.79. The van der Waals surface area contributed by atoms with Gasteiger partial charge in [-0.15, -0.1) is 67.9 Å². The fourth-order valence-electron chi connectivity index (χ4n) is 7.48. The van der Waals surface area contributed by atoms with Crippen LogP contribution in [0.25, 0.3) is 68.7 Å². The molecule has 290 valence electrons. The molecule has 8 nitrogen and oxygen atoms in total. The molecule has 3 aromatic heterocycles. The highest BCUT2D eigenvalue weighted by Gasteiger charge is 2.21. The summed E-state index contributed by atoms with van der Waals surface area (Å²) in [5, 5.41) is 0. The van der Waals surface area contributed by atoms with Crippen LogP contribution in [0.3, 0.4) is 0 Å². The fraction of sp³-hybridized carbons (Fsp3) is 0.182. The van der Waals surface area contributed by atoms with Gasteiger partial charge in [0.15, 0.2) is 0 Å². The Bertz CT molecular complexity index is 2170. The second-order valence-corrected chi connectivity index (χ2v) is 14.2. The van der Waals surface area contributed by atoms with Gasteiger partial charge in [-0.05, 0) is 120 Å². The van der Waals surface area contributed by atoms with Crippen LogP contribution in [0.2, 0.25) is 0 Å². The summed E-state index contributed by atoms with van der Waals surface area (Å²) >= 11 is 0. The molecular weight excluding hydrogens is 960 g/mol. The highest BCUT2D eigenvalue weighted by molar-refractivity contribution is 8.93. The molecule has 56 heavy (non-hydrogen) atoms. The highest BCUT2D eigenvalue weighted by Crippen LogP contribution is 2.36. The van der Waals surface area contributed by atoms with Crippen molar-refractivity contribution in [3.8, 4) is 0 Å². The molecule has 0 unspecified atom stereocenters. The van der Waals surface area contributed by atoms with Gasteiger partial charge in [0.05, 0.1) is 22.8 Å². The topological polar surface area (TPSA) is 70.3 Å². The van der Waals surface area contributed by atoms with E-state index in [4.69, 9.17) is 9.97 Å². The van der Waals surface area contributed by atoms with Crippen molar-refractivity contribution in [1.82, 2.24) is 39.5 Å². The van der Waals surface area contributed by atoms with Gasteiger partial charge in [0.1, 0.15) is 0 Å². The Hall–Kier alpha value is -4.36. The van der Waals surface area contributed by atoms with Crippen LogP contribution < -0.4 is 0 Å². The van der Waals surface area contributed by atoms with E-state index in [0.29, 0.717) is 0 Å². The third-order valence-corrected chi connectivity index (χ3v) is 10.3. The van der Waals surface area contributed by atoms with Crippen molar-refractivity contribution < 1.29 is 0 Å². The van der Waals surface area contributed by atoms with Crippen LogP contribution in [-0.4, -0.2) is 93.9 Å². The molecule has 6 aliphatic rings. The SMILES string of the molecule is Br.Br.Br.Br.CN1C=CC(c2c3nc(c(C4=CCN(C)C=C4)c4ccc([nH]4)c(C4=CCN(C)C=C4)c4nc(c(C5=CCN(C)C=C5)c5ccc2[nH]5)C=C4)C=C3)=CC1. The number of likely N-dealkylation sites (N-methyl/N-ethyl adjacent to an activating group) is 4. The predicted octanol–water partition coefficient (Wildman–Crippen LogP) is 10.3. The van der Waals surface area contributed by atoms with Gasteiger partial charge in [0, 0.05) is 98.7 Å². The van der Waals surface area contributed by atoms with Gasteiger partial charge in [-0.25, -0.2) is 9.97 Å². The third kappa shape index (κ3) is 8.20. The smallest absolute Gasteiger partial charge is 0.0737 e. The van der Waals surface area contributed by atoms with Crippen LogP contribution in [0, 0.1) is 0 Å². The van der Waals surface area contributed by atoms with E-state index in [1.54, 1.807) is 0 Å². The number of hydrogen-bond acceptors (Lipinski definition) is 6. The maximum Gasteiger partial charge on any atom is 0.0737 e. The summed E-state index contributed by atoms with van der Waals surface area (Å²) in [4.78, 5) is 27.3. The second-order valence-electron chi connectivity index (χ2n) is 14.2. The summed E-state index contributed by atoms with van der Waals surface area (Å²) in [5.41, 5.74) is 16.7. The number of hydrogen-bond donors (Lipinski definition) is 2. The first-order valence-electron chi connectivity index (χ1n) is 17.9. The van der Waals surface area contributed by atoms with Crippen molar-refractivity contribution in [2.75, 3.05) is 54.4 Å². The van der Waals surface area contributed by atoms with Crippen molar-refractivity contribution in [3.05, 3.63) is 143 Å². The number of halogens is 4. The van der Waals surface area contributed by atoms with Gasteiger partial charge in [-0.3, -0.25) is 0 Å². The molecule has 0 saturated heterocycles. The number of aromatic amines is 2. The average Bonchev–Trinajstić information content (AvgIpc) is 3.99. The summed E-state index contributed by atoms with van der Waals surface area (Å²) in [6.07, 6.45) is 35.2. The molecule has 0 radical (unpaired) electrons. The number of fused-ring (bicyclic) bond motifs is 8. The van der Waals surface area contributed by atoms with Crippen LogP contribution in [-0.2, 0) is 0 Å².